The van der Waals surface area contributed by atoms with Crippen LogP contribution in [0.15, 0.2) is 5.16 Å². The van der Waals surface area contributed by atoms with Crippen LogP contribution in [0.1, 0.15) is 65.2 Å². The molecule has 0 aromatic heterocycles. The number of nitrogens with zero attached hydrogens (tertiary/aromatic N) is 1. The fourth-order valence-electron chi connectivity index (χ4n) is 8.11. The third-order valence-corrected chi connectivity index (χ3v) is 9.08. The minimum absolute atomic E-state index is 0.300. The Kier molecular flexibility index (Phi) is 4.17. The van der Waals surface area contributed by atoms with Gasteiger partial charge in [-0.1, -0.05) is 31.8 Å². The van der Waals surface area contributed by atoms with Crippen molar-refractivity contribution in [3.05, 3.63) is 0 Å². The zero-order chi connectivity index (χ0) is 17.9. The van der Waals surface area contributed by atoms with Crippen LogP contribution in [-0.4, -0.2) is 38.2 Å². The predicted molar refractivity (Wildman–Crippen MR) is 101 cm³/mol. The van der Waals surface area contributed by atoms with Crippen molar-refractivity contribution in [2.24, 2.45) is 39.7 Å². The molecular weight excluding hydrogens is 326 g/mol. The summed E-state index contributed by atoms with van der Waals surface area (Å²) in [4.78, 5) is 5.33. The van der Waals surface area contributed by atoms with Crippen LogP contribution in [0.25, 0.3) is 0 Å². The highest BCUT2D eigenvalue weighted by molar-refractivity contribution is 5.88. The quantitative estimate of drug-likeness (QED) is 0.649. The maximum atomic E-state index is 6.35. The van der Waals surface area contributed by atoms with Crippen molar-refractivity contribution in [1.82, 2.24) is 0 Å². The van der Waals surface area contributed by atoms with Gasteiger partial charge in [0.2, 0.25) is 0 Å². The predicted octanol–water partition coefficient (Wildman–Crippen LogP) is 4.43. The van der Waals surface area contributed by atoms with E-state index in [2.05, 4.69) is 19.0 Å². The molecule has 0 spiro atoms. The molecule has 0 bridgehead atoms. The first-order valence-electron chi connectivity index (χ1n) is 10.9. The lowest BCUT2D eigenvalue weighted by Crippen LogP contribution is -2.57. The fraction of sp³-hybridized carbons (Fsp3) is 0.955. The minimum Gasteiger partial charge on any atom is -0.399 e. The molecule has 1 aliphatic heterocycles. The summed E-state index contributed by atoms with van der Waals surface area (Å²) in [6, 6.07) is 0. The number of ether oxygens (including phenoxy) is 2. The smallest absolute Gasteiger partial charge is 0.106 e. The van der Waals surface area contributed by atoms with Gasteiger partial charge in [-0.3, -0.25) is 0 Å². The van der Waals surface area contributed by atoms with Crippen LogP contribution in [0.4, 0.5) is 0 Å². The number of rotatable bonds is 1. The molecule has 2 unspecified atom stereocenters. The van der Waals surface area contributed by atoms with Gasteiger partial charge in [-0.15, -0.1) is 0 Å². The summed E-state index contributed by atoms with van der Waals surface area (Å²) >= 11 is 0. The topological polar surface area (TPSA) is 40.0 Å². The lowest BCUT2D eigenvalue weighted by molar-refractivity contribution is -0.160. The fourth-order valence-corrected chi connectivity index (χ4v) is 8.11. The average molecular weight is 362 g/mol. The summed E-state index contributed by atoms with van der Waals surface area (Å²) in [7, 11) is 1.72. The molecule has 5 fully saturated rings. The van der Waals surface area contributed by atoms with E-state index in [1.807, 2.05) is 0 Å². The Morgan fingerprint density at radius 1 is 1.08 bits per heavy atom. The Hall–Kier alpha value is -0.610. The average Bonchev–Trinajstić information content (AvgIpc) is 2.94. The molecule has 8 atom stereocenters. The number of fused-ring (bicyclic) bond motifs is 7. The van der Waals surface area contributed by atoms with Crippen LogP contribution in [0.5, 0.6) is 0 Å². The van der Waals surface area contributed by atoms with Crippen molar-refractivity contribution >= 4 is 5.71 Å². The Bertz CT molecular complexity index is 592. The molecule has 26 heavy (non-hydrogen) atoms. The normalized spacial score (nSPS) is 54.8. The van der Waals surface area contributed by atoms with Gasteiger partial charge in [-0.25, -0.2) is 0 Å². The van der Waals surface area contributed by atoms with Gasteiger partial charge in [-0.05, 0) is 67.1 Å². The summed E-state index contributed by atoms with van der Waals surface area (Å²) in [5.41, 5.74) is 2.12. The van der Waals surface area contributed by atoms with E-state index in [4.69, 9.17) is 14.3 Å². The highest BCUT2D eigenvalue weighted by atomic mass is 16.6. The van der Waals surface area contributed by atoms with Crippen molar-refractivity contribution in [1.29, 1.82) is 0 Å². The lowest BCUT2D eigenvalue weighted by atomic mass is 9.45. The van der Waals surface area contributed by atoms with Crippen LogP contribution in [0.2, 0.25) is 0 Å². The van der Waals surface area contributed by atoms with Crippen LogP contribution >= 0.6 is 0 Å². The van der Waals surface area contributed by atoms with Crippen LogP contribution in [0, 0.1) is 34.5 Å². The third-order valence-electron chi connectivity index (χ3n) is 9.08. The van der Waals surface area contributed by atoms with E-state index in [9.17, 15) is 0 Å². The molecule has 0 amide bonds. The van der Waals surface area contributed by atoms with E-state index in [1.165, 1.54) is 50.7 Å². The van der Waals surface area contributed by atoms with Crippen molar-refractivity contribution < 1.29 is 14.3 Å². The van der Waals surface area contributed by atoms with Crippen LogP contribution in [0.3, 0.4) is 0 Å². The van der Waals surface area contributed by atoms with E-state index in [0.29, 0.717) is 40.8 Å². The highest BCUT2D eigenvalue weighted by Gasteiger charge is 2.64. The van der Waals surface area contributed by atoms with Gasteiger partial charge in [0.15, 0.2) is 0 Å². The van der Waals surface area contributed by atoms with Gasteiger partial charge >= 0.3 is 0 Å². The maximum absolute atomic E-state index is 6.35. The second-order valence-corrected chi connectivity index (χ2v) is 10.2. The highest BCUT2D eigenvalue weighted by Crippen LogP contribution is 2.66. The molecule has 146 valence electrons. The SMILES string of the molecule is CO/N=C1\C[C@H]2[C@@H]3C4OCCOC4C[C@@]3(C)CC[C@@H]2[C@@]2(C)CCCC[C@H]12. The van der Waals surface area contributed by atoms with Gasteiger partial charge in [-0.2, -0.15) is 0 Å². The molecule has 0 N–H and O–H groups in total. The van der Waals surface area contributed by atoms with Crippen LogP contribution < -0.4 is 0 Å². The summed E-state index contributed by atoms with van der Waals surface area (Å²) in [5, 5.41) is 4.59. The molecular formula is C22H35NO3. The Morgan fingerprint density at radius 3 is 2.77 bits per heavy atom. The minimum atomic E-state index is 0.300. The van der Waals surface area contributed by atoms with Gasteiger partial charge in [0, 0.05) is 5.92 Å². The van der Waals surface area contributed by atoms with E-state index in [1.54, 1.807) is 7.11 Å². The molecule has 4 aliphatic carbocycles. The Labute approximate surface area is 158 Å². The monoisotopic (exact) mass is 361 g/mol. The van der Waals surface area contributed by atoms with Crippen molar-refractivity contribution in [2.45, 2.75) is 77.4 Å². The molecule has 4 nitrogen and oxygen atoms in total. The molecule has 5 aliphatic rings. The standard InChI is InChI=1S/C22H35NO3/c1-21-9-7-15-14(19(21)20-18(13-21)25-10-11-26-20)12-17(23-24-3)16-6-4-5-8-22(15,16)2/h14-16,18-20H,4-13H2,1-3H3/b23-17+/t14-,15+,16-,18?,19-,20?,21-,22-/m1/s1. The zero-order valence-corrected chi connectivity index (χ0v) is 16.7. The molecule has 0 aromatic rings. The second kappa shape index (κ2) is 6.20. The Balaban J connectivity index is 1.54. The lowest BCUT2D eigenvalue weighted by Gasteiger charge is -2.60. The molecule has 0 radical (unpaired) electrons. The van der Waals surface area contributed by atoms with Crippen molar-refractivity contribution in [3.8, 4) is 0 Å². The zero-order valence-electron chi connectivity index (χ0n) is 16.7. The molecule has 0 aromatic carbocycles. The van der Waals surface area contributed by atoms with Gasteiger partial charge in [0.05, 0.1) is 31.1 Å². The van der Waals surface area contributed by atoms with Gasteiger partial charge in [0.1, 0.15) is 7.11 Å². The first kappa shape index (κ1) is 17.5. The summed E-state index contributed by atoms with van der Waals surface area (Å²) in [5.74, 6) is 2.74. The first-order valence-corrected chi connectivity index (χ1v) is 10.9. The largest absolute Gasteiger partial charge is 0.399 e. The van der Waals surface area contributed by atoms with Crippen molar-refractivity contribution in [2.75, 3.05) is 20.3 Å². The van der Waals surface area contributed by atoms with E-state index in [0.717, 1.165) is 25.6 Å². The maximum Gasteiger partial charge on any atom is 0.106 e. The van der Waals surface area contributed by atoms with Crippen molar-refractivity contribution in [3.63, 3.8) is 0 Å². The Morgan fingerprint density at radius 2 is 1.92 bits per heavy atom. The molecule has 1 saturated heterocycles. The van der Waals surface area contributed by atoms with E-state index >= 15 is 0 Å². The number of hydrogen-bond donors (Lipinski definition) is 0. The molecule has 1 heterocycles. The first-order chi connectivity index (χ1) is 12.6. The van der Waals surface area contributed by atoms with E-state index in [-0.39, 0.29) is 0 Å². The van der Waals surface area contributed by atoms with Gasteiger partial charge < -0.3 is 14.3 Å². The summed E-state index contributed by atoms with van der Waals surface area (Å²) in [6.07, 6.45) is 11.0. The number of hydrogen-bond acceptors (Lipinski definition) is 4. The van der Waals surface area contributed by atoms with E-state index < -0.39 is 0 Å². The summed E-state index contributed by atoms with van der Waals surface area (Å²) in [6.45, 7) is 6.63. The molecule has 4 heteroatoms. The molecule has 5 rings (SSSR count). The summed E-state index contributed by atoms with van der Waals surface area (Å²) < 4.78 is 12.5. The number of oxime groups is 1. The van der Waals surface area contributed by atoms with Gasteiger partial charge in [0.25, 0.3) is 0 Å². The second-order valence-electron chi connectivity index (χ2n) is 10.2. The molecule has 4 saturated carbocycles. The third kappa shape index (κ3) is 2.37. The van der Waals surface area contributed by atoms with Crippen LogP contribution in [-0.2, 0) is 14.3 Å².